The summed E-state index contributed by atoms with van der Waals surface area (Å²) >= 11 is 0. The first-order chi connectivity index (χ1) is 6.20. The highest BCUT2D eigenvalue weighted by Crippen LogP contribution is 2.32. The largest absolute Gasteiger partial charge is 0.508 e. The molecule has 0 bridgehead atoms. The van der Waals surface area contributed by atoms with Crippen LogP contribution < -0.4 is 0 Å². The van der Waals surface area contributed by atoms with Gasteiger partial charge >= 0.3 is 0 Å². The van der Waals surface area contributed by atoms with Crippen LogP contribution in [0.5, 0.6) is 5.75 Å². The van der Waals surface area contributed by atoms with E-state index in [-0.39, 0.29) is 5.75 Å². The molecule has 0 saturated carbocycles. The molecule has 3 heteroatoms. The summed E-state index contributed by atoms with van der Waals surface area (Å²) in [7, 11) is 1.85. The van der Waals surface area contributed by atoms with Gasteiger partial charge in [0.1, 0.15) is 12.0 Å². The summed E-state index contributed by atoms with van der Waals surface area (Å²) in [6.45, 7) is 0.831. The molecule has 1 heterocycles. The van der Waals surface area contributed by atoms with Gasteiger partial charge in [-0.05, 0) is 25.1 Å². The maximum Gasteiger partial charge on any atom is 0.137 e. The number of nitrogens with zero attached hydrogens (tertiary/aromatic N) is 1. The lowest BCUT2D eigenvalue weighted by Gasteiger charge is -2.30. The molecule has 1 aliphatic rings. The average Bonchev–Trinajstić information content (AvgIpc) is 2.12. The van der Waals surface area contributed by atoms with Gasteiger partial charge in [-0.3, -0.25) is 4.90 Å². The Balaban J connectivity index is 2.51. The van der Waals surface area contributed by atoms with Crippen molar-refractivity contribution in [1.82, 2.24) is 4.90 Å². The van der Waals surface area contributed by atoms with E-state index in [0.29, 0.717) is 5.56 Å². The predicted molar refractivity (Wildman–Crippen MR) is 49.4 cm³/mol. The summed E-state index contributed by atoms with van der Waals surface area (Å²) in [6.07, 6.45) is 0.224. The minimum Gasteiger partial charge on any atom is -0.508 e. The molecule has 0 spiro atoms. The third-order valence-corrected chi connectivity index (χ3v) is 2.58. The summed E-state index contributed by atoms with van der Waals surface area (Å²) in [4.78, 5) is 1.82. The van der Waals surface area contributed by atoms with Gasteiger partial charge in [-0.15, -0.1) is 0 Å². The summed E-state index contributed by atoms with van der Waals surface area (Å²) in [5, 5.41) is 19.3. The number of phenolic OH excluding ortho intramolecular Hbond substituents is 1. The Morgan fingerprint density at radius 3 is 3.00 bits per heavy atom. The Bertz CT molecular complexity index is 325. The lowest BCUT2D eigenvalue weighted by atomic mass is 9.98. The van der Waals surface area contributed by atoms with Gasteiger partial charge in [-0.2, -0.15) is 0 Å². The number of benzene rings is 1. The first kappa shape index (κ1) is 8.53. The number of fused-ring (bicyclic) bond motifs is 1. The van der Waals surface area contributed by atoms with Crippen molar-refractivity contribution in [3.63, 3.8) is 0 Å². The van der Waals surface area contributed by atoms with E-state index < -0.39 is 6.23 Å². The molecule has 1 aliphatic heterocycles. The number of aliphatic hydroxyl groups excluding tert-OH is 1. The Kier molecular flexibility index (Phi) is 1.98. The minimum absolute atomic E-state index is 0.191. The Labute approximate surface area is 77.2 Å². The Morgan fingerprint density at radius 1 is 1.46 bits per heavy atom. The van der Waals surface area contributed by atoms with Crippen LogP contribution in [0.15, 0.2) is 18.2 Å². The topological polar surface area (TPSA) is 43.7 Å². The summed E-state index contributed by atoms with van der Waals surface area (Å²) in [5.74, 6) is 0.191. The Morgan fingerprint density at radius 2 is 2.23 bits per heavy atom. The van der Waals surface area contributed by atoms with E-state index in [0.717, 1.165) is 18.5 Å². The highest BCUT2D eigenvalue weighted by Gasteiger charge is 2.24. The van der Waals surface area contributed by atoms with Crippen LogP contribution in [0.2, 0.25) is 0 Å². The van der Waals surface area contributed by atoms with E-state index in [1.807, 2.05) is 24.1 Å². The molecular weight excluding hydrogens is 166 g/mol. The number of aromatic hydroxyl groups is 1. The lowest BCUT2D eigenvalue weighted by Crippen LogP contribution is -2.31. The van der Waals surface area contributed by atoms with Crippen LogP contribution >= 0.6 is 0 Å². The van der Waals surface area contributed by atoms with E-state index in [1.165, 1.54) is 0 Å². The molecule has 0 fully saturated rings. The number of hydrogen-bond acceptors (Lipinski definition) is 3. The van der Waals surface area contributed by atoms with Crippen LogP contribution in [0.3, 0.4) is 0 Å². The first-order valence-electron chi connectivity index (χ1n) is 4.39. The summed E-state index contributed by atoms with van der Waals surface area (Å²) < 4.78 is 0. The van der Waals surface area contributed by atoms with E-state index in [2.05, 4.69) is 0 Å². The van der Waals surface area contributed by atoms with Crippen LogP contribution in [0.25, 0.3) is 0 Å². The molecule has 1 atom stereocenters. The first-order valence-corrected chi connectivity index (χ1v) is 4.39. The van der Waals surface area contributed by atoms with E-state index in [4.69, 9.17) is 0 Å². The van der Waals surface area contributed by atoms with Gasteiger partial charge in [0.05, 0.1) is 0 Å². The molecule has 0 saturated heterocycles. The lowest BCUT2D eigenvalue weighted by molar-refractivity contribution is 0.0109. The van der Waals surface area contributed by atoms with Crippen molar-refractivity contribution in [3.8, 4) is 5.75 Å². The molecule has 13 heavy (non-hydrogen) atoms. The van der Waals surface area contributed by atoms with Gasteiger partial charge in [-0.1, -0.05) is 12.1 Å². The molecule has 3 nitrogen and oxygen atoms in total. The maximum absolute atomic E-state index is 9.78. The molecule has 1 aromatic carbocycles. The van der Waals surface area contributed by atoms with Crippen molar-refractivity contribution < 1.29 is 10.2 Å². The quantitative estimate of drug-likeness (QED) is 0.621. The molecule has 1 unspecified atom stereocenters. The molecule has 70 valence electrons. The zero-order valence-electron chi connectivity index (χ0n) is 7.57. The van der Waals surface area contributed by atoms with E-state index in [9.17, 15) is 10.2 Å². The maximum atomic E-state index is 9.78. The van der Waals surface area contributed by atoms with Crippen LogP contribution in [0.4, 0.5) is 0 Å². The van der Waals surface area contributed by atoms with Crippen LogP contribution in [0, 0.1) is 0 Å². The normalized spacial score (nSPS) is 22.8. The molecular formula is C10H13NO2. The third kappa shape index (κ3) is 1.30. The highest BCUT2D eigenvalue weighted by molar-refractivity contribution is 5.42. The smallest absolute Gasteiger partial charge is 0.137 e. The van der Waals surface area contributed by atoms with E-state index >= 15 is 0 Å². The van der Waals surface area contributed by atoms with Gasteiger partial charge in [0.2, 0.25) is 0 Å². The SMILES string of the molecule is CN1CCc2cccc(O)c2C1O. The standard InChI is InChI=1S/C10H13NO2/c1-11-6-5-7-3-2-4-8(12)9(7)10(11)13/h2-4,10,12-13H,5-6H2,1H3. The average molecular weight is 179 g/mol. The fourth-order valence-corrected chi connectivity index (χ4v) is 1.76. The molecule has 0 aromatic heterocycles. The number of phenols is 1. The fraction of sp³-hybridized carbons (Fsp3) is 0.400. The minimum atomic E-state index is -0.662. The number of aliphatic hydroxyl groups is 1. The molecule has 1 aromatic rings. The molecule has 2 rings (SSSR count). The molecule has 0 amide bonds. The Hall–Kier alpha value is -1.06. The van der Waals surface area contributed by atoms with Crippen LogP contribution in [0.1, 0.15) is 17.4 Å². The molecule has 0 aliphatic carbocycles. The molecule has 0 radical (unpaired) electrons. The predicted octanol–water partition coefficient (Wildman–Crippen LogP) is 0.871. The van der Waals surface area contributed by atoms with Gasteiger partial charge < -0.3 is 10.2 Å². The zero-order chi connectivity index (χ0) is 9.42. The van der Waals surface area contributed by atoms with Crippen molar-refractivity contribution in [1.29, 1.82) is 0 Å². The number of rotatable bonds is 0. The second kappa shape index (κ2) is 3.01. The second-order valence-corrected chi connectivity index (χ2v) is 3.45. The van der Waals surface area contributed by atoms with Crippen molar-refractivity contribution in [3.05, 3.63) is 29.3 Å². The van der Waals surface area contributed by atoms with Crippen molar-refractivity contribution in [2.75, 3.05) is 13.6 Å². The van der Waals surface area contributed by atoms with Gasteiger partial charge in [0.25, 0.3) is 0 Å². The number of likely N-dealkylation sites (N-methyl/N-ethyl adjacent to an activating group) is 1. The van der Waals surface area contributed by atoms with Gasteiger partial charge in [-0.25, -0.2) is 0 Å². The highest BCUT2D eigenvalue weighted by atomic mass is 16.3. The second-order valence-electron chi connectivity index (χ2n) is 3.45. The van der Waals surface area contributed by atoms with Gasteiger partial charge in [0, 0.05) is 12.1 Å². The zero-order valence-corrected chi connectivity index (χ0v) is 7.57. The van der Waals surface area contributed by atoms with Crippen LogP contribution in [-0.2, 0) is 6.42 Å². The van der Waals surface area contributed by atoms with E-state index in [1.54, 1.807) is 6.07 Å². The third-order valence-electron chi connectivity index (χ3n) is 2.58. The molecule has 2 N–H and O–H groups in total. The van der Waals surface area contributed by atoms with Crippen LogP contribution in [-0.4, -0.2) is 28.7 Å². The summed E-state index contributed by atoms with van der Waals surface area (Å²) in [6, 6.07) is 5.37. The number of hydrogen-bond donors (Lipinski definition) is 2. The monoisotopic (exact) mass is 179 g/mol. The van der Waals surface area contributed by atoms with Crippen molar-refractivity contribution >= 4 is 0 Å². The van der Waals surface area contributed by atoms with Gasteiger partial charge in [0.15, 0.2) is 0 Å². The van der Waals surface area contributed by atoms with Crippen molar-refractivity contribution in [2.24, 2.45) is 0 Å². The fourth-order valence-electron chi connectivity index (χ4n) is 1.76. The summed E-state index contributed by atoms with van der Waals surface area (Å²) in [5.41, 5.74) is 1.71. The van der Waals surface area contributed by atoms with Crippen molar-refractivity contribution in [2.45, 2.75) is 12.6 Å².